The van der Waals surface area contributed by atoms with Gasteiger partial charge in [-0.25, -0.2) is 8.78 Å². The molecule has 144 valence electrons. The van der Waals surface area contributed by atoms with Gasteiger partial charge < -0.3 is 20.4 Å². The molecule has 1 aliphatic heterocycles. The molecule has 2 fully saturated rings. The van der Waals surface area contributed by atoms with Crippen LogP contribution in [-0.4, -0.2) is 23.1 Å². The van der Waals surface area contributed by atoms with Gasteiger partial charge in [0.1, 0.15) is 0 Å². The number of rotatable bonds is 3. The first-order valence-corrected chi connectivity index (χ1v) is 9.64. The fourth-order valence-corrected chi connectivity index (χ4v) is 4.48. The van der Waals surface area contributed by atoms with Gasteiger partial charge in [0.25, 0.3) is 5.56 Å². The van der Waals surface area contributed by atoms with Crippen LogP contribution in [0.4, 0.5) is 20.2 Å². The first-order valence-electron chi connectivity index (χ1n) is 9.64. The van der Waals surface area contributed by atoms with Crippen molar-refractivity contribution in [3.05, 3.63) is 28.6 Å². The van der Waals surface area contributed by atoms with Gasteiger partial charge in [0.2, 0.25) is 11.7 Å². The molecule has 1 aromatic carbocycles. The van der Waals surface area contributed by atoms with E-state index in [1.165, 1.54) is 12.8 Å². The van der Waals surface area contributed by atoms with Gasteiger partial charge in [-0.15, -0.1) is 0 Å². The summed E-state index contributed by atoms with van der Waals surface area (Å²) in [5, 5.41) is 4.36. The third kappa shape index (κ3) is 2.93. The number of halogens is 2. The van der Waals surface area contributed by atoms with Crippen LogP contribution in [0.25, 0.3) is 10.9 Å². The van der Waals surface area contributed by atoms with Gasteiger partial charge in [-0.1, -0.05) is 0 Å². The van der Waals surface area contributed by atoms with Crippen molar-refractivity contribution >= 4 is 22.3 Å². The molecule has 0 radical (unpaired) electrons. The summed E-state index contributed by atoms with van der Waals surface area (Å²) >= 11 is 0. The Bertz CT molecular complexity index is 960. The third-order valence-corrected chi connectivity index (χ3v) is 6.06. The Balaban J connectivity index is 1.62. The van der Waals surface area contributed by atoms with Crippen LogP contribution in [-0.2, 0) is 6.54 Å². The highest BCUT2D eigenvalue weighted by molar-refractivity contribution is 5.96. The Morgan fingerprint density at radius 1 is 1.26 bits per heavy atom. The van der Waals surface area contributed by atoms with E-state index < -0.39 is 5.92 Å². The largest absolute Gasteiger partial charge is 0.486 e. The number of ether oxygens (including phenoxy) is 1. The predicted molar refractivity (Wildman–Crippen MR) is 101 cm³/mol. The summed E-state index contributed by atoms with van der Waals surface area (Å²) in [6.07, 6.45) is 2.89. The zero-order valence-corrected chi connectivity index (χ0v) is 15.0. The molecule has 7 heteroatoms. The number of hydrogen-bond donors (Lipinski definition) is 2. The summed E-state index contributed by atoms with van der Waals surface area (Å²) in [6, 6.07) is 5.68. The molecule has 27 heavy (non-hydrogen) atoms. The monoisotopic (exact) mass is 375 g/mol. The normalized spacial score (nSPS) is 24.4. The Kier molecular flexibility index (Phi) is 3.64. The summed E-state index contributed by atoms with van der Waals surface area (Å²) in [7, 11) is 0. The Hall–Kier alpha value is -2.31. The number of pyridine rings is 1. The van der Waals surface area contributed by atoms with E-state index in [2.05, 4.69) is 5.32 Å². The van der Waals surface area contributed by atoms with Gasteiger partial charge in [0, 0.05) is 42.9 Å². The van der Waals surface area contributed by atoms with E-state index in [4.69, 9.17) is 10.5 Å². The number of nitrogens with one attached hydrogen (secondary N) is 1. The molecule has 0 spiro atoms. The maximum Gasteiger partial charge on any atom is 0.295 e. The highest BCUT2D eigenvalue weighted by Crippen LogP contribution is 2.44. The second-order valence-electron chi connectivity index (χ2n) is 8.25. The van der Waals surface area contributed by atoms with Crippen LogP contribution in [0.3, 0.4) is 0 Å². The topological polar surface area (TPSA) is 69.3 Å². The lowest BCUT2D eigenvalue weighted by molar-refractivity contribution is -0.114. The van der Waals surface area contributed by atoms with Crippen molar-refractivity contribution in [3.8, 4) is 5.75 Å². The summed E-state index contributed by atoms with van der Waals surface area (Å²) in [6.45, 7) is 0.753. The van der Waals surface area contributed by atoms with Crippen molar-refractivity contribution in [1.82, 2.24) is 4.57 Å². The van der Waals surface area contributed by atoms with E-state index in [0.717, 1.165) is 17.3 Å². The third-order valence-electron chi connectivity index (χ3n) is 6.06. The maximum absolute atomic E-state index is 13.3. The second-order valence-corrected chi connectivity index (χ2v) is 8.25. The molecule has 3 aliphatic rings. The standard InChI is InChI=1S/C20H23F2N3O2/c21-20(22)8-11(9-20)10-25-16-4-3-13(23)7-14(16)17-18(19(25)26)27-6-5-15(24-17)12-1-2-12/h3-4,7,11-12,15,24H,1-2,5-6,8-10,23H2. The zero-order valence-electron chi connectivity index (χ0n) is 15.0. The van der Waals surface area contributed by atoms with Crippen LogP contribution >= 0.6 is 0 Å². The first kappa shape index (κ1) is 16.8. The SMILES string of the molecule is Nc1ccc2c(c1)c1c(c(=O)n2CC2CC(F)(F)C2)OCCC(C2CC2)N1. The van der Waals surface area contributed by atoms with E-state index in [-0.39, 0.29) is 36.9 Å². The van der Waals surface area contributed by atoms with E-state index in [9.17, 15) is 13.6 Å². The van der Waals surface area contributed by atoms with Gasteiger partial charge in [0.15, 0.2) is 0 Å². The molecule has 2 heterocycles. The van der Waals surface area contributed by atoms with Gasteiger partial charge in [-0.2, -0.15) is 0 Å². The molecule has 1 aromatic heterocycles. The molecule has 3 N–H and O–H groups in total. The van der Waals surface area contributed by atoms with Crippen LogP contribution in [0.2, 0.25) is 0 Å². The number of alkyl halides is 2. The summed E-state index contributed by atoms with van der Waals surface area (Å²) < 4.78 is 34.0. The molecule has 5 rings (SSSR count). The molecule has 0 amide bonds. The minimum atomic E-state index is -2.60. The van der Waals surface area contributed by atoms with Crippen molar-refractivity contribution in [1.29, 1.82) is 0 Å². The molecule has 0 saturated heterocycles. The average molecular weight is 375 g/mol. The predicted octanol–water partition coefficient (Wildman–Crippen LogP) is 3.60. The van der Waals surface area contributed by atoms with E-state index in [0.29, 0.717) is 29.6 Å². The Morgan fingerprint density at radius 3 is 2.74 bits per heavy atom. The minimum Gasteiger partial charge on any atom is -0.486 e. The van der Waals surface area contributed by atoms with Crippen molar-refractivity contribution < 1.29 is 13.5 Å². The molecule has 5 nitrogen and oxygen atoms in total. The van der Waals surface area contributed by atoms with Gasteiger partial charge in [-0.05, 0) is 42.9 Å². The molecule has 2 aliphatic carbocycles. The molecular weight excluding hydrogens is 352 g/mol. The molecule has 2 aromatic rings. The first-order chi connectivity index (χ1) is 12.9. The van der Waals surface area contributed by atoms with Crippen molar-refractivity contribution in [2.24, 2.45) is 11.8 Å². The Morgan fingerprint density at radius 2 is 2.04 bits per heavy atom. The molecule has 1 unspecified atom stereocenters. The molecular formula is C20H23F2N3O2. The van der Waals surface area contributed by atoms with Gasteiger partial charge in [-0.3, -0.25) is 4.79 Å². The van der Waals surface area contributed by atoms with E-state index in [1.54, 1.807) is 10.6 Å². The van der Waals surface area contributed by atoms with Gasteiger partial charge >= 0.3 is 0 Å². The maximum atomic E-state index is 13.3. The fourth-order valence-electron chi connectivity index (χ4n) is 4.48. The lowest BCUT2D eigenvalue weighted by atomic mass is 9.81. The summed E-state index contributed by atoms with van der Waals surface area (Å²) in [5.41, 5.74) is 7.78. The minimum absolute atomic E-state index is 0.171. The lowest BCUT2D eigenvalue weighted by Gasteiger charge is -2.35. The smallest absolute Gasteiger partial charge is 0.295 e. The van der Waals surface area contributed by atoms with Crippen LogP contribution in [0.15, 0.2) is 23.0 Å². The van der Waals surface area contributed by atoms with Crippen LogP contribution in [0, 0.1) is 11.8 Å². The van der Waals surface area contributed by atoms with Crippen LogP contribution < -0.4 is 21.3 Å². The Labute approximate surface area is 155 Å². The number of hydrogen-bond acceptors (Lipinski definition) is 4. The number of fused-ring (bicyclic) bond motifs is 3. The van der Waals surface area contributed by atoms with Gasteiger partial charge in [0.05, 0.1) is 17.8 Å². The zero-order chi connectivity index (χ0) is 18.8. The molecule has 2 saturated carbocycles. The number of aromatic nitrogens is 1. The number of nitrogen functional groups attached to an aromatic ring is 1. The van der Waals surface area contributed by atoms with E-state index in [1.807, 2.05) is 12.1 Å². The van der Waals surface area contributed by atoms with Crippen molar-refractivity contribution in [2.45, 2.75) is 50.6 Å². The number of benzene rings is 1. The number of nitrogens with two attached hydrogens (primary N) is 1. The quantitative estimate of drug-likeness (QED) is 0.805. The summed E-state index contributed by atoms with van der Waals surface area (Å²) in [4.78, 5) is 13.2. The highest BCUT2D eigenvalue weighted by Gasteiger charge is 2.45. The van der Waals surface area contributed by atoms with Crippen LogP contribution in [0.1, 0.15) is 32.1 Å². The second kappa shape index (κ2) is 5.84. The van der Waals surface area contributed by atoms with E-state index >= 15 is 0 Å². The summed E-state index contributed by atoms with van der Waals surface area (Å²) in [5.74, 6) is -1.89. The lowest BCUT2D eigenvalue weighted by Crippen LogP contribution is -2.39. The molecule has 0 bridgehead atoms. The number of anilines is 2. The van der Waals surface area contributed by atoms with Crippen LogP contribution in [0.5, 0.6) is 5.75 Å². The fraction of sp³-hybridized carbons (Fsp3) is 0.550. The van der Waals surface area contributed by atoms with Crippen molar-refractivity contribution in [3.63, 3.8) is 0 Å². The molecule has 1 atom stereocenters. The van der Waals surface area contributed by atoms with Crippen molar-refractivity contribution in [2.75, 3.05) is 17.7 Å². The average Bonchev–Trinajstić information content (AvgIpc) is 3.42. The number of nitrogens with zero attached hydrogens (tertiary/aromatic N) is 1. The highest BCUT2D eigenvalue weighted by atomic mass is 19.3.